The number of allylic oxidation sites excluding steroid dienone is 4. The first-order chi connectivity index (χ1) is 18.0. The van der Waals surface area contributed by atoms with E-state index in [-0.39, 0.29) is 0 Å². The molecular weight excluding hydrogens is 572 g/mol. The van der Waals surface area contributed by atoms with Crippen LogP contribution in [-0.4, -0.2) is 70.9 Å². The molecule has 0 N–H and O–H groups in total. The van der Waals surface area contributed by atoms with Crippen LogP contribution in [0.25, 0.3) is 16.3 Å². The first kappa shape index (κ1) is 29.1. The maximum atomic E-state index is 3.82. The lowest BCUT2D eigenvalue weighted by molar-refractivity contribution is -0.873. The summed E-state index contributed by atoms with van der Waals surface area (Å²) in [7, 11) is 13.6. The Morgan fingerprint density at radius 2 is 1.61 bits per heavy atom. The van der Waals surface area contributed by atoms with Crippen LogP contribution in [0.2, 0.25) is 0 Å². The van der Waals surface area contributed by atoms with E-state index in [0.717, 1.165) is 52.5 Å². The molecule has 0 saturated heterocycles. The molecule has 7 heteroatoms. The zero-order chi connectivity index (χ0) is 27.3. The van der Waals surface area contributed by atoms with Gasteiger partial charge in [0.25, 0.3) is 5.01 Å². The standard InChI is InChI=1S/C31H42BrN4S2/c1-35(2,3)23-11-21-33-26-13-7-9-15-28(26)37-30(33)19-17-25(32)18-20-31-34(22-12-24-36(4,5)6)27-14-8-10-16-29(27)38-31/h7-10,13-20H,11-12,21-24H2,1-6H3/q+3. The van der Waals surface area contributed by atoms with E-state index in [1.54, 1.807) is 0 Å². The molecular formula is C31H42BrN4S2+3. The number of nitrogens with zero attached hydrogens (tertiary/aromatic N) is 4. The lowest BCUT2D eigenvalue weighted by Gasteiger charge is -2.26. The minimum Gasteiger partial charge on any atom is -0.335 e. The van der Waals surface area contributed by atoms with Gasteiger partial charge in [-0.3, -0.25) is 0 Å². The van der Waals surface area contributed by atoms with Crippen LogP contribution in [0.1, 0.15) is 17.8 Å². The molecule has 1 aliphatic rings. The summed E-state index contributed by atoms with van der Waals surface area (Å²) in [5, 5.41) is 2.57. The number of hydrogen-bond acceptors (Lipinski definition) is 3. The van der Waals surface area contributed by atoms with Crippen molar-refractivity contribution in [1.82, 2.24) is 0 Å². The Bertz CT molecular complexity index is 1340. The zero-order valence-corrected chi connectivity index (χ0v) is 26.9. The Morgan fingerprint density at radius 1 is 0.921 bits per heavy atom. The summed E-state index contributed by atoms with van der Waals surface area (Å²) in [5.41, 5.74) is 2.65. The van der Waals surface area contributed by atoms with Crippen molar-refractivity contribution in [2.24, 2.45) is 0 Å². The van der Waals surface area contributed by atoms with Crippen LogP contribution in [0, 0.1) is 0 Å². The third-order valence-corrected chi connectivity index (χ3v) is 9.25. The van der Waals surface area contributed by atoms with Crippen LogP contribution in [0.3, 0.4) is 0 Å². The molecule has 0 amide bonds. The highest BCUT2D eigenvalue weighted by molar-refractivity contribution is 9.11. The predicted molar refractivity (Wildman–Crippen MR) is 171 cm³/mol. The van der Waals surface area contributed by atoms with Crippen LogP contribution in [0.15, 0.2) is 81.2 Å². The summed E-state index contributed by atoms with van der Waals surface area (Å²) >= 11 is 7.54. The molecule has 0 fully saturated rings. The maximum absolute atomic E-state index is 3.82. The normalized spacial score (nSPS) is 15.8. The highest BCUT2D eigenvalue weighted by Crippen LogP contribution is 2.45. The van der Waals surface area contributed by atoms with E-state index in [2.05, 4.69) is 141 Å². The highest BCUT2D eigenvalue weighted by atomic mass is 79.9. The predicted octanol–water partition coefficient (Wildman–Crippen LogP) is 7.13. The van der Waals surface area contributed by atoms with E-state index < -0.39 is 0 Å². The van der Waals surface area contributed by atoms with Gasteiger partial charge in [0.15, 0.2) is 6.54 Å². The lowest BCUT2D eigenvalue weighted by Crippen LogP contribution is -2.40. The first-order valence-corrected chi connectivity index (χ1v) is 15.8. The van der Waals surface area contributed by atoms with E-state index in [0.29, 0.717) is 0 Å². The van der Waals surface area contributed by atoms with Crippen LogP contribution in [0.4, 0.5) is 5.69 Å². The van der Waals surface area contributed by atoms with E-state index in [1.165, 1.54) is 30.8 Å². The fourth-order valence-electron chi connectivity index (χ4n) is 4.58. The topological polar surface area (TPSA) is 7.12 Å². The number of rotatable bonds is 11. The molecule has 4 rings (SSSR count). The Hall–Kier alpha value is -1.90. The molecule has 38 heavy (non-hydrogen) atoms. The molecule has 2 aromatic carbocycles. The SMILES string of the molecule is C[N+](C)(C)CCCN1/C(=C/C=C(Br)/C=C/c2sc3ccccc3[n+]2CCC[N+](C)(C)C)Sc2ccccc21. The summed E-state index contributed by atoms with van der Waals surface area (Å²) in [6, 6.07) is 17.5. The molecule has 0 radical (unpaired) electrons. The zero-order valence-electron chi connectivity index (χ0n) is 23.7. The number of thiazole rings is 1. The molecule has 0 spiro atoms. The van der Waals surface area contributed by atoms with Gasteiger partial charge >= 0.3 is 0 Å². The van der Waals surface area contributed by atoms with Crippen molar-refractivity contribution >= 4 is 61.0 Å². The number of hydrogen-bond donors (Lipinski definition) is 0. The molecule has 202 valence electrons. The number of halogens is 1. The van der Waals surface area contributed by atoms with Crippen LogP contribution in [0.5, 0.6) is 0 Å². The summed E-state index contributed by atoms with van der Waals surface area (Å²) < 4.78 is 6.87. The quantitative estimate of drug-likeness (QED) is 0.129. The number of benzene rings is 2. The largest absolute Gasteiger partial charge is 0.335 e. The summed E-state index contributed by atoms with van der Waals surface area (Å²) in [4.78, 5) is 3.81. The Morgan fingerprint density at radius 3 is 2.37 bits per heavy atom. The van der Waals surface area contributed by atoms with Gasteiger partial charge in [-0.15, -0.1) is 0 Å². The van der Waals surface area contributed by atoms with Crippen LogP contribution >= 0.6 is 39.0 Å². The van der Waals surface area contributed by atoms with Crippen LogP contribution < -0.4 is 9.47 Å². The van der Waals surface area contributed by atoms with E-state index in [1.807, 2.05) is 23.1 Å². The van der Waals surface area contributed by atoms with E-state index in [4.69, 9.17) is 0 Å². The summed E-state index contributed by atoms with van der Waals surface area (Å²) in [6.45, 7) is 4.37. The van der Waals surface area contributed by atoms with Gasteiger partial charge in [-0.25, -0.2) is 0 Å². The summed E-state index contributed by atoms with van der Waals surface area (Å²) in [6.07, 6.45) is 11.2. The molecule has 0 saturated carbocycles. The van der Waals surface area contributed by atoms with Crippen molar-refractivity contribution in [2.75, 3.05) is 66.8 Å². The number of fused-ring (bicyclic) bond motifs is 2. The number of anilines is 1. The monoisotopic (exact) mass is 613 g/mol. The van der Waals surface area contributed by atoms with E-state index in [9.17, 15) is 0 Å². The smallest absolute Gasteiger partial charge is 0.262 e. The van der Waals surface area contributed by atoms with Crippen molar-refractivity contribution in [1.29, 1.82) is 0 Å². The summed E-state index contributed by atoms with van der Waals surface area (Å²) in [5.74, 6) is 0. The number of aryl methyl sites for hydroxylation is 1. The fraction of sp³-hybridized carbons (Fsp3) is 0.387. The molecule has 1 aliphatic heterocycles. The second-order valence-electron chi connectivity index (χ2n) is 11.9. The molecule has 1 aromatic heterocycles. The van der Waals surface area contributed by atoms with Crippen molar-refractivity contribution in [2.45, 2.75) is 24.3 Å². The molecule has 4 nitrogen and oxygen atoms in total. The third kappa shape index (κ3) is 8.06. The van der Waals surface area contributed by atoms with Crippen molar-refractivity contribution in [3.05, 3.63) is 81.3 Å². The van der Waals surface area contributed by atoms with Crippen LogP contribution in [-0.2, 0) is 6.54 Å². The van der Waals surface area contributed by atoms with Crippen molar-refractivity contribution in [3.63, 3.8) is 0 Å². The van der Waals surface area contributed by atoms with Gasteiger partial charge < -0.3 is 13.9 Å². The Kier molecular flexibility index (Phi) is 9.58. The van der Waals surface area contributed by atoms with Gasteiger partial charge in [-0.1, -0.05) is 63.3 Å². The molecule has 3 aromatic rings. The Labute approximate surface area is 245 Å². The maximum Gasteiger partial charge on any atom is 0.262 e. The second kappa shape index (κ2) is 12.5. The molecule has 0 atom stereocenters. The Balaban J connectivity index is 1.52. The fourth-order valence-corrected chi connectivity index (χ4v) is 7.02. The average Bonchev–Trinajstić information content (AvgIpc) is 3.38. The number of quaternary nitrogens is 2. The first-order valence-electron chi connectivity index (χ1n) is 13.3. The van der Waals surface area contributed by atoms with Gasteiger partial charge in [0.2, 0.25) is 5.52 Å². The molecule has 0 bridgehead atoms. The highest BCUT2D eigenvalue weighted by Gasteiger charge is 2.24. The number of para-hydroxylation sites is 2. The van der Waals surface area contributed by atoms with Gasteiger partial charge in [-0.05, 0) is 36.4 Å². The van der Waals surface area contributed by atoms with Crippen molar-refractivity contribution < 1.29 is 13.5 Å². The number of aromatic nitrogens is 1. The van der Waals surface area contributed by atoms with Gasteiger partial charge in [0.05, 0.1) is 72.5 Å². The van der Waals surface area contributed by atoms with Gasteiger partial charge in [0, 0.05) is 34.5 Å². The molecule has 0 unspecified atom stereocenters. The minimum absolute atomic E-state index is 0.991. The average molecular weight is 615 g/mol. The number of thioether (sulfide) groups is 1. The van der Waals surface area contributed by atoms with E-state index >= 15 is 0 Å². The second-order valence-corrected chi connectivity index (χ2v) is 14.9. The lowest BCUT2D eigenvalue weighted by atomic mass is 10.2. The third-order valence-electron chi connectivity index (χ3n) is 6.46. The van der Waals surface area contributed by atoms with Crippen molar-refractivity contribution in [3.8, 4) is 0 Å². The van der Waals surface area contributed by atoms with Gasteiger partial charge in [-0.2, -0.15) is 4.57 Å². The molecule has 2 heterocycles. The minimum atomic E-state index is 0.991. The molecule has 0 aliphatic carbocycles. The van der Waals surface area contributed by atoms with Gasteiger partial charge in [0.1, 0.15) is 4.70 Å².